The van der Waals surface area contributed by atoms with Gasteiger partial charge < -0.3 is 29.7 Å². The summed E-state index contributed by atoms with van der Waals surface area (Å²) in [5.74, 6) is -3.39. The van der Waals surface area contributed by atoms with Crippen LogP contribution in [0.4, 0.5) is 0 Å². The van der Waals surface area contributed by atoms with E-state index < -0.39 is 17.9 Å². The van der Waals surface area contributed by atoms with Crippen molar-refractivity contribution in [2.24, 2.45) is 0 Å². The van der Waals surface area contributed by atoms with Crippen molar-refractivity contribution in [2.75, 3.05) is 0 Å². The molecule has 0 heterocycles. The number of hydrogen-bond donors (Lipinski definition) is 0. The van der Waals surface area contributed by atoms with Crippen molar-refractivity contribution >= 4 is 17.9 Å². The zero-order chi connectivity index (χ0) is 27.0. The summed E-state index contributed by atoms with van der Waals surface area (Å²) in [6.07, 6.45) is 10.2. The van der Waals surface area contributed by atoms with Crippen molar-refractivity contribution < 1.29 is 50.1 Å². The molecule has 0 saturated carbocycles. The maximum atomic E-state index is 10.1. The van der Waals surface area contributed by atoms with E-state index in [4.69, 9.17) is 0 Å². The molecular weight excluding hydrogens is 504 g/mol. The minimum atomic E-state index is -1.13. The van der Waals surface area contributed by atoms with Gasteiger partial charge in [0, 0.05) is 0 Å². The first kappa shape index (κ1) is 29.5. The molecule has 1 unspecified atom stereocenters. The minimum absolute atomic E-state index is 0.220. The molecule has 2 aliphatic carbocycles. The van der Waals surface area contributed by atoms with Gasteiger partial charge in [-0.25, -0.2) is 0 Å². The van der Waals surface area contributed by atoms with Crippen molar-refractivity contribution in [2.45, 2.75) is 29.9 Å². The van der Waals surface area contributed by atoms with E-state index in [1.54, 1.807) is 65.7 Å². The Morgan fingerprint density at radius 1 is 0.595 bits per heavy atom. The molecule has 3 aromatic carbocycles. The first-order chi connectivity index (χ1) is 17.8. The van der Waals surface area contributed by atoms with Crippen molar-refractivity contribution in [3.8, 4) is 0 Å². The fourth-order valence-electron chi connectivity index (χ4n) is 3.55. The van der Waals surface area contributed by atoms with Crippen LogP contribution in [-0.4, -0.2) is 17.9 Å². The van der Waals surface area contributed by atoms with Gasteiger partial charge in [0.15, 0.2) is 0 Å². The Kier molecular flexibility index (Phi) is 12.8. The Labute approximate surface area is 228 Å². The van der Waals surface area contributed by atoms with Gasteiger partial charge in [-0.05, 0) is 16.7 Å². The van der Waals surface area contributed by atoms with E-state index in [-0.39, 0.29) is 16.7 Å². The Balaban J connectivity index is 0.000000174. The second-order valence-corrected chi connectivity index (χ2v) is 9.03. The molecule has 0 fully saturated rings. The average molecular weight is 530 g/mol. The van der Waals surface area contributed by atoms with Crippen molar-refractivity contribution in [1.29, 1.82) is 0 Å². The fraction of sp³-hybridized carbons (Fsp3) is 0.167. The molecule has 2 aliphatic rings. The third kappa shape index (κ3) is 10.8. The number of carbonyl (C=O) groups is 3. The van der Waals surface area contributed by atoms with Crippen LogP contribution in [-0.2, 0) is 20.4 Å². The monoisotopic (exact) mass is 530 g/mol. The van der Waals surface area contributed by atoms with Gasteiger partial charge in [-0.3, -0.25) is 0 Å². The van der Waals surface area contributed by atoms with Crippen molar-refractivity contribution in [3.05, 3.63) is 131 Å². The van der Waals surface area contributed by atoms with Gasteiger partial charge in [0.05, 0.1) is 17.9 Å². The molecule has 0 amide bonds. The summed E-state index contributed by atoms with van der Waals surface area (Å²) in [6.45, 7) is 0. The SMILES string of the molecule is O=C([O-])c1ccccc1.O=C([O-])c1ccccc1.O=C([O-])c1ccccc1.[Ti+3][CH]1C=CC2=C1CCCC2. The van der Waals surface area contributed by atoms with Crippen molar-refractivity contribution in [3.63, 3.8) is 0 Å². The van der Waals surface area contributed by atoms with E-state index in [2.05, 4.69) is 32.6 Å². The van der Waals surface area contributed by atoms with Gasteiger partial charge in [-0.15, -0.1) is 0 Å². The van der Waals surface area contributed by atoms with Crippen LogP contribution < -0.4 is 15.3 Å². The van der Waals surface area contributed by atoms with Gasteiger partial charge in [-0.1, -0.05) is 91.0 Å². The molecule has 37 heavy (non-hydrogen) atoms. The molecule has 6 nitrogen and oxygen atoms in total. The Hall–Kier alpha value is -3.74. The van der Waals surface area contributed by atoms with Gasteiger partial charge in [-0.2, -0.15) is 0 Å². The van der Waals surface area contributed by atoms with Crippen LogP contribution >= 0.6 is 0 Å². The molecule has 186 valence electrons. The maximum absolute atomic E-state index is 10.1. The zero-order valence-corrected chi connectivity index (χ0v) is 21.7. The van der Waals surface area contributed by atoms with Crippen LogP contribution in [0.2, 0.25) is 4.22 Å². The van der Waals surface area contributed by atoms with E-state index in [1.165, 1.54) is 62.1 Å². The van der Waals surface area contributed by atoms with E-state index in [0.29, 0.717) is 0 Å². The molecule has 7 heteroatoms. The van der Waals surface area contributed by atoms with E-state index in [1.807, 2.05) is 0 Å². The summed E-state index contributed by atoms with van der Waals surface area (Å²) >= 11 is 2.31. The quantitative estimate of drug-likeness (QED) is 0.481. The molecule has 0 N–H and O–H groups in total. The molecule has 0 saturated heterocycles. The van der Waals surface area contributed by atoms with Gasteiger partial charge in [0.1, 0.15) is 0 Å². The summed E-state index contributed by atoms with van der Waals surface area (Å²) in [5.41, 5.74) is 4.04. The van der Waals surface area contributed by atoms with E-state index >= 15 is 0 Å². The number of aromatic carboxylic acids is 3. The number of carboxylic acid groups (broad SMARTS) is 3. The van der Waals surface area contributed by atoms with E-state index in [0.717, 1.165) is 4.22 Å². The number of carboxylic acids is 3. The topological polar surface area (TPSA) is 120 Å². The Bertz CT molecular complexity index is 1090. The predicted octanol–water partition coefficient (Wildman–Crippen LogP) is 2.91. The van der Waals surface area contributed by atoms with Crippen LogP contribution in [0.3, 0.4) is 0 Å². The normalized spacial score (nSPS) is 14.9. The first-order valence-electron chi connectivity index (χ1n) is 11.7. The summed E-state index contributed by atoms with van der Waals surface area (Å²) in [5, 5.41) is 30.3. The summed E-state index contributed by atoms with van der Waals surface area (Å²) in [4.78, 5) is 30.3. The molecular formula is C30H26O6Ti. The fourth-order valence-corrected chi connectivity index (χ4v) is 4.21. The van der Waals surface area contributed by atoms with Gasteiger partial charge in [0.2, 0.25) is 0 Å². The molecule has 0 radical (unpaired) electrons. The average Bonchev–Trinajstić information content (AvgIpc) is 3.32. The molecule has 0 bridgehead atoms. The van der Waals surface area contributed by atoms with Gasteiger partial charge in [0.25, 0.3) is 0 Å². The molecule has 0 aromatic heterocycles. The van der Waals surface area contributed by atoms with E-state index in [9.17, 15) is 29.7 Å². The summed E-state index contributed by atoms with van der Waals surface area (Å²) in [7, 11) is 0. The Morgan fingerprint density at radius 2 is 0.946 bits per heavy atom. The molecule has 1 atom stereocenters. The number of rotatable bonds is 3. The molecule has 0 aliphatic heterocycles. The third-order valence-electron chi connectivity index (χ3n) is 5.45. The van der Waals surface area contributed by atoms with Crippen LogP contribution in [0.15, 0.2) is 114 Å². The number of carbonyl (C=O) groups excluding carboxylic acids is 3. The Morgan fingerprint density at radius 3 is 1.24 bits per heavy atom. The first-order valence-corrected chi connectivity index (χ1v) is 12.6. The number of benzene rings is 3. The number of allylic oxidation sites excluding steroid dienone is 4. The second-order valence-electron chi connectivity index (χ2n) is 8.05. The third-order valence-corrected chi connectivity index (χ3v) is 6.29. The predicted molar refractivity (Wildman–Crippen MR) is 131 cm³/mol. The standard InChI is InChI=1S/C9H11.3C7H6O2.Ti/c1-2-5-9-7-3-6-8(9)4-1;3*8-7(9)6-4-2-1-3-5-6;/h3,6-7H,1-2,4-5H2;3*1-5H,(H,8,9);/q;;;;+3/p-3. The molecule has 0 spiro atoms. The van der Waals surface area contributed by atoms with Gasteiger partial charge >= 0.3 is 73.6 Å². The van der Waals surface area contributed by atoms with Crippen LogP contribution in [0.1, 0.15) is 56.8 Å². The van der Waals surface area contributed by atoms with Crippen molar-refractivity contribution in [1.82, 2.24) is 0 Å². The van der Waals surface area contributed by atoms with Crippen LogP contribution in [0, 0.1) is 0 Å². The second kappa shape index (κ2) is 16.1. The summed E-state index contributed by atoms with van der Waals surface area (Å²) < 4.78 is 0.760. The van der Waals surface area contributed by atoms with Crippen LogP contribution in [0.5, 0.6) is 0 Å². The molecule has 3 aromatic rings. The summed E-state index contributed by atoms with van der Waals surface area (Å²) in [6, 6.07) is 24.2. The molecule has 5 rings (SSSR count). The van der Waals surface area contributed by atoms with Crippen LogP contribution in [0.25, 0.3) is 0 Å². The number of hydrogen-bond acceptors (Lipinski definition) is 6. The zero-order valence-electron chi connectivity index (χ0n) is 20.2.